The molecule has 0 bridgehead atoms. The fourth-order valence-electron chi connectivity index (χ4n) is 2.13. The van der Waals surface area contributed by atoms with Crippen molar-refractivity contribution in [1.29, 1.82) is 0 Å². The van der Waals surface area contributed by atoms with Gasteiger partial charge in [0.15, 0.2) is 5.69 Å². The van der Waals surface area contributed by atoms with Gasteiger partial charge < -0.3 is 14.4 Å². The molecule has 96 valence electrons. The third kappa shape index (κ3) is 2.27. The molecule has 0 unspecified atom stereocenters. The molecule has 18 heavy (non-hydrogen) atoms. The second kappa shape index (κ2) is 4.64. The van der Waals surface area contributed by atoms with E-state index in [1.54, 1.807) is 17.6 Å². The topological polar surface area (TPSA) is 81.4 Å². The third-order valence-electron chi connectivity index (χ3n) is 2.88. The van der Waals surface area contributed by atoms with E-state index >= 15 is 0 Å². The van der Waals surface area contributed by atoms with Crippen LogP contribution in [0.3, 0.4) is 0 Å². The lowest BCUT2D eigenvalue weighted by Gasteiger charge is -2.15. The molecule has 6 nitrogen and oxygen atoms in total. The van der Waals surface area contributed by atoms with Crippen LogP contribution in [0.15, 0.2) is 18.5 Å². The van der Waals surface area contributed by atoms with Gasteiger partial charge in [-0.3, -0.25) is 4.79 Å². The number of aromatic carboxylic acids is 1. The molecule has 0 saturated carbocycles. The Labute approximate surface area is 104 Å². The van der Waals surface area contributed by atoms with Gasteiger partial charge in [0.25, 0.3) is 0 Å². The van der Waals surface area contributed by atoms with Gasteiger partial charge in [0.1, 0.15) is 6.10 Å². The molecule has 1 aliphatic rings. The van der Waals surface area contributed by atoms with E-state index in [0.717, 1.165) is 0 Å². The van der Waals surface area contributed by atoms with E-state index in [1.807, 2.05) is 6.08 Å². The number of aryl methyl sites for hydroxylation is 1. The Morgan fingerprint density at radius 2 is 2.22 bits per heavy atom. The quantitative estimate of drug-likeness (QED) is 0.646. The largest absolute Gasteiger partial charge is 0.477 e. The molecule has 2 rings (SSSR count). The number of carboxylic acids is 1. The van der Waals surface area contributed by atoms with Crippen LogP contribution >= 0.6 is 0 Å². The first-order chi connectivity index (χ1) is 8.49. The summed E-state index contributed by atoms with van der Waals surface area (Å²) in [6.07, 6.45) is 5.35. The van der Waals surface area contributed by atoms with Gasteiger partial charge in [-0.25, -0.2) is 9.78 Å². The molecule has 0 aromatic carbocycles. The van der Waals surface area contributed by atoms with Gasteiger partial charge in [-0.2, -0.15) is 0 Å². The molecule has 0 radical (unpaired) electrons. The second-order valence-electron chi connectivity index (χ2n) is 4.23. The lowest BCUT2D eigenvalue weighted by Crippen LogP contribution is -2.17. The van der Waals surface area contributed by atoms with Crippen molar-refractivity contribution >= 4 is 11.9 Å². The second-order valence-corrected chi connectivity index (χ2v) is 4.23. The van der Waals surface area contributed by atoms with Crippen LogP contribution in [-0.4, -0.2) is 32.7 Å². The highest BCUT2D eigenvalue weighted by atomic mass is 16.5. The molecule has 0 aliphatic heterocycles. The summed E-state index contributed by atoms with van der Waals surface area (Å²) >= 11 is 0. The van der Waals surface area contributed by atoms with Crippen molar-refractivity contribution in [2.24, 2.45) is 0 Å². The normalized spacial score (nSPS) is 22.1. The predicted octanol–water partition coefficient (Wildman–Crippen LogP) is 1.32. The summed E-state index contributed by atoms with van der Waals surface area (Å²) in [5, 5.41) is 9.14. The summed E-state index contributed by atoms with van der Waals surface area (Å²) in [5.41, 5.74) is 0.653. The first-order valence-electron chi connectivity index (χ1n) is 5.61. The van der Waals surface area contributed by atoms with Crippen molar-refractivity contribution in [2.45, 2.75) is 32.4 Å². The van der Waals surface area contributed by atoms with Crippen LogP contribution in [-0.2, 0) is 9.53 Å². The number of hydrogen-bond acceptors (Lipinski definition) is 4. The maximum atomic E-state index is 11.1. The van der Waals surface area contributed by atoms with E-state index in [2.05, 4.69) is 4.98 Å². The lowest BCUT2D eigenvalue weighted by molar-refractivity contribution is -0.144. The SMILES string of the molecule is CC(=O)O[C@@H]1C=C[C@@H](n2cnc(C)c2C(=O)O)C1. The number of imidazole rings is 1. The van der Waals surface area contributed by atoms with Crippen LogP contribution < -0.4 is 0 Å². The highest BCUT2D eigenvalue weighted by Crippen LogP contribution is 2.27. The van der Waals surface area contributed by atoms with Crippen molar-refractivity contribution in [3.63, 3.8) is 0 Å². The minimum atomic E-state index is -1.01. The minimum absolute atomic E-state index is 0.137. The summed E-state index contributed by atoms with van der Waals surface area (Å²) in [4.78, 5) is 26.0. The summed E-state index contributed by atoms with van der Waals surface area (Å²) < 4.78 is 6.66. The molecule has 1 aromatic heterocycles. The fraction of sp³-hybridized carbons (Fsp3) is 0.417. The maximum absolute atomic E-state index is 11.1. The molecule has 0 saturated heterocycles. The number of ether oxygens (including phenoxy) is 1. The summed E-state index contributed by atoms with van der Waals surface area (Å²) in [6, 6.07) is -0.137. The first kappa shape index (κ1) is 12.3. The Balaban J connectivity index is 2.18. The highest BCUT2D eigenvalue weighted by molar-refractivity contribution is 5.87. The average molecular weight is 250 g/mol. The van der Waals surface area contributed by atoms with Crippen molar-refractivity contribution in [2.75, 3.05) is 0 Å². The van der Waals surface area contributed by atoms with Crippen LogP contribution in [0.4, 0.5) is 0 Å². The molecule has 2 atom stereocenters. The van der Waals surface area contributed by atoms with Crippen LogP contribution in [0.1, 0.15) is 35.6 Å². The number of allylic oxidation sites excluding steroid dienone is 1. The molecule has 1 aromatic rings. The van der Waals surface area contributed by atoms with Crippen LogP contribution in [0.25, 0.3) is 0 Å². The summed E-state index contributed by atoms with van der Waals surface area (Å²) in [5.74, 6) is -1.35. The van der Waals surface area contributed by atoms with Crippen molar-refractivity contribution < 1.29 is 19.4 Å². The Hall–Kier alpha value is -2.11. The Bertz CT molecular complexity index is 518. The van der Waals surface area contributed by atoms with E-state index in [0.29, 0.717) is 12.1 Å². The molecule has 1 N–H and O–H groups in total. The van der Waals surface area contributed by atoms with Crippen LogP contribution in [0.5, 0.6) is 0 Å². The van der Waals surface area contributed by atoms with Crippen molar-refractivity contribution in [3.05, 3.63) is 29.9 Å². The van der Waals surface area contributed by atoms with E-state index in [9.17, 15) is 9.59 Å². The number of hydrogen-bond donors (Lipinski definition) is 1. The van der Waals surface area contributed by atoms with E-state index < -0.39 is 5.97 Å². The standard InChI is InChI=1S/C12H14N2O4/c1-7-11(12(16)17)14(6-13-7)9-3-4-10(5-9)18-8(2)15/h3-4,6,9-10H,5H2,1-2H3,(H,16,17)/t9-,10-/m1/s1. The fourth-order valence-corrected chi connectivity index (χ4v) is 2.13. The van der Waals surface area contributed by atoms with Gasteiger partial charge >= 0.3 is 11.9 Å². The smallest absolute Gasteiger partial charge is 0.354 e. The molecule has 1 aliphatic carbocycles. The highest BCUT2D eigenvalue weighted by Gasteiger charge is 2.26. The number of carbonyl (C=O) groups excluding carboxylic acids is 1. The monoisotopic (exact) mass is 250 g/mol. The van der Waals surface area contributed by atoms with Crippen molar-refractivity contribution in [1.82, 2.24) is 9.55 Å². The minimum Gasteiger partial charge on any atom is -0.477 e. The Kier molecular flexibility index (Phi) is 3.18. The number of rotatable bonds is 3. The third-order valence-corrected chi connectivity index (χ3v) is 2.88. The molecule has 0 amide bonds. The zero-order valence-electron chi connectivity index (χ0n) is 10.2. The Morgan fingerprint density at radius 1 is 1.50 bits per heavy atom. The molecule has 0 fully saturated rings. The molecule has 6 heteroatoms. The van der Waals surface area contributed by atoms with E-state index in [4.69, 9.17) is 9.84 Å². The average Bonchev–Trinajstić information content (AvgIpc) is 2.83. The molecular weight excluding hydrogens is 236 g/mol. The number of esters is 1. The van der Waals surface area contributed by atoms with Crippen molar-refractivity contribution in [3.8, 4) is 0 Å². The summed E-state index contributed by atoms with van der Waals surface area (Å²) in [6.45, 7) is 3.01. The lowest BCUT2D eigenvalue weighted by atomic mass is 10.2. The zero-order chi connectivity index (χ0) is 13.3. The zero-order valence-corrected chi connectivity index (χ0v) is 10.2. The number of carboxylic acid groups (broad SMARTS) is 1. The molecule has 1 heterocycles. The van der Waals surface area contributed by atoms with Gasteiger partial charge in [-0.1, -0.05) is 6.08 Å². The molecular formula is C12H14N2O4. The van der Waals surface area contributed by atoms with Gasteiger partial charge in [-0.05, 0) is 13.0 Å². The van der Waals surface area contributed by atoms with Gasteiger partial charge in [0, 0.05) is 13.3 Å². The van der Waals surface area contributed by atoms with Gasteiger partial charge in [0.05, 0.1) is 18.1 Å². The van der Waals surface area contributed by atoms with E-state index in [1.165, 1.54) is 13.3 Å². The van der Waals surface area contributed by atoms with E-state index in [-0.39, 0.29) is 23.8 Å². The molecule has 0 spiro atoms. The predicted molar refractivity (Wildman–Crippen MR) is 62.3 cm³/mol. The number of nitrogens with zero attached hydrogens (tertiary/aromatic N) is 2. The van der Waals surface area contributed by atoms with Crippen LogP contribution in [0.2, 0.25) is 0 Å². The number of carbonyl (C=O) groups is 2. The Morgan fingerprint density at radius 3 is 2.83 bits per heavy atom. The van der Waals surface area contributed by atoms with Crippen LogP contribution in [0, 0.1) is 6.92 Å². The number of aromatic nitrogens is 2. The summed E-state index contributed by atoms with van der Waals surface area (Å²) in [7, 11) is 0. The van der Waals surface area contributed by atoms with Gasteiger partial charge in [0.2, 0.25) is 0 Å². The maximum Gasteiger partial charge on any atom is 0.354 e. The van der Waals surface area contributed by atoms with Gasteiger partial charge in [-0.15, -0.1) is 0 Å². The first-order valence-corrected chi connectivity index (χ1v) is 5.61.